The SMILES string of the molecule is N#CCSc1ccc(N)cc1Cl. The van der Waals surface area contributed by atoms with Crippen molar-refractivity contribution in [3.05, 3.63) is 23.2 Å². The van der Waals surface area contributed by atoms with Crippen LogP contribution in [0.5, 0.6) is 0 Å². The summed E-state index contributed by atoms with van der Waals surface area (Å²) in [6, 6.07) is 7.30. The normalized spacial score (nSPS) is 9.33. The molecule has 0 saturated heterocycles. The second-order valence-electron chi connectivity index (χ2n) is 2.14. The summed E-state index contributed by atoms with van der Waals surface area (Å²) < 4.78 is 0. The van der Waals surface area contributed by atoms with Crippen molar-refractivity contribution in [3.8, 4) is 6.07 Å². The van der Waals surface area contributed by atoms with Gasteiger partial charge in [0.15, 0.2) is 0 Å². The number of nitrogen functional groups attached to an aromatic ring is 1. The number of nitrogens with two attached hydrogens (primary N) is 1. The average molecular weight is 199 g/mol. The summed E-state index contributed by atoms with van der Waals surface area (Å²) in [4.78, 5) is 0.896. The minimum absolute atomic E-state index is 0.406. The van der Waals surface area contributed by atoms with E-state index in [-0.39, 0.29) is 0 Å². The molecule has 0 aliphatic rings. The number of rotatable bonds is 2. The van der Waals surface area contributed by atoms with Gasteiger partial charge in [-0.1, -0.05) is 11.6 Å². The predicted octanol–water partition coefficient (Wildman–Crippen LogP) is 2.54. The summed E-state index contributed by atoms with van der Waals surface area (Å²) in [6.45, 7) is 0. The third-order valence-electron chi connectivity index (χ3n) is 1.25. The Balaban J connectivity index is 2.81. The van der Waals surface area contributed by atoms with Gasteiger partial charge in [-0.3, -0.25) is 0 Å². The number of hydrogen-bond donors (Lipinski definition) is 1. The minimum atomic E-state index is 0.406. The molecule has 12 heavy (non-hydrogen) atoms. The topological polar surface area (TPSA) is 49.8 Å². The van der Waals surface area contributed by atoms with Crippen molar-refractivity contribution in [2.45, 2.75) is 4.90 Å². The molecule has 0 unspecified atom stereocenters. The third kappa shape index (κ3) is 2.33. The first-order valence-electron chi connectivity index (χ1n) is 3.29. The molecule has 0 spiro atoms. The molecule has 1 aromatic carbocycles. The summed E-state index contributed by atoms with van der Waals surface area (Å²) in [7, 11) is 0. The van der Waals surface area contributed by atoms with Gasteiger partial charge in [0.1, 0.15) is 0 Å². The lowest BCUT2D eigenvalue weighted by Crippen LogP contribution is -1.84. The number of halogens is 1. The second-order valence-corrected chi connectivity index (χ2v) is 3.56. The molecule has 4 heteroatoms. The van der Waals surface area contributed by atoms with Gasteiger partial charge >= 0.3 is 0 Å². The quantitative estimate of drug-likeness (QED) is 0.587. The highest BCUT2D eigenvalue weighted by Gasteiger charge is 1.99. The Morgan fingerprint density at radius 2 is 2.33 bits per heavy atom. The molecule has 62 valence electrons. The van der Waals surface area contributed by atoms with Gasteiger partial charge in [0.05, 0.1) is 16.8 Å². The van der Waals surface area contributed by atoms with E-state index in [1.807, 2.05) is 12.1 Å². The van der Waals surface area contributed by atoms with Gasteiger partial charge in [-0.05, 0) is 18.2 Å². The summed E-state index contributed by atoms with van der Waals surface area (Å²) in [5.74, 6) is 0.406. The van der Waals surface area contributed by atoms with Crippen molar-refractivity contribution in [3.63, 3.8) is 0 Å². The zero-order chi connectivity index (χ0) is 8.97. The number of anilines is 1. The fourth-order valence-corrected chi connectivity index (χ4v) is 1.68. The van der Waals surface area contributed by atoms with Crippen molar-refractivity contribution in [1.82, 2.24) is 0 Å². The van der Waals surface area contributed by atoms with E-state index in [2.05, 4.69) is 0 Å². The highest BCUT2D eigenvalue weighted by Crippen LogP contribution is 2.28. The summed E-state index contributed by atoms with van der Waals surface area (Å²) >= 11 is 7.26. The van der Waals surface area contributed by atoms with Crippen LogP contribution in [-0.2, 0) is 0 Å². The molecule has 0 aromatic heterocycles. The van der Waals surface area contributed by atoms with Gasteiger partial charge in [-0.25, -0.2) is 0 Å². The lowest BCUT2D eigenvalue weighted by atomic mass is 10.3. The molecule has 0 heterocycles. The highest BCUT2D eigenvalue weighted by molar-refractivity contribution is 7.99. The van der Waals surface area contributed by atoms with Gasteiger partial charge in [0.25, 0.3) is 0 Å². The molecule has 0 fully saturated rings. The van der Waals surface area contributed by atoms with E-state index in [4.69, 9.17) is 22.6 Å². The standard InChI is InChI=1S/C8H7ClN2S/c9-7-5-6(11)1-2-8(7)12-4-3-10/h1-2,5H,4,11H2. The van der Waals surface area contributed by atoms with Crippen LogP contribution in [0.25, 0.3) is 0 Å². The molecule has 1 rings (SSSR count). The number of nitriles is 1. The molecule has 2 nitrogen and oxygen atoms in total. The number of hydrogen-bond acceptors (Lipinski definition) is 3. The molecule has 0 saturated carbocycles. The van der Waals surface area contributed by atoms with Crippen LogP contribution >= 0.6 is 23.4 Å². The molecule has 0 radical (unpaired) electrons. The minimum Gasteiger partial charge on any atom is -0.399 e. The molecule has 0 bridgehead atoms. The fraction of sp³-hybridized carbons (Fsp3) is 0.125. The van der Waals surface area contributed by atoms with Crippen LogP contribution in [0, 0.1) is 11.3 Å². The van der Waals surface area contributed by atoms with Crippen LogP contribution in [-0.4, -0.2) is 5.75 Å². The Kier molecular flexibility index (Phi) is 3.27. The van der Waals surface area contributed by atoms with Gasteiger partial charge in [0, 0.05) is 10.6 Å². The van der Waals surface area contributed by atoms with E-state index in [1.54, 1.807) is 12.1 Å². The van der Waals surface area contributed by atoms with E-state index < -0.39 is 0 Å². The fourth-order valence-electron chi connectivity index (χ4n) is 0.744. The van der Waals surface area contributed by atoms with Crippen LogP contribution in [0.4, 0.5) is 5.69 Å². The summed E-state index contributed by atoms with van der Waals surface area (Å²) in [5, 5.41) is 8.94. The Hall–Kier alpha value is -0.850. The smallest absolute Gasteiger partial charge is 0.0855 e. The maximum absolute atomic E-state index is 8.33. The van der Waals surface area contributed by atoms with Crippen LogP contribution < -0.4 is 5.73 Å². The third-order valence-corrected chi connectivity index (χ3v) is 2.61. The molecule has 0 aliphatic carbocycles. The molecular formula is C8H7ClN2S. The average Bonchev–Trinajstić information content (AvgIpc) is 2.03. The summed E-state index contributed by atoms with van der Waals surface area (Å²) in [6.07, 6.45) is 0. The Morgan fingerprint density at radius 3 is 2.92 bits per heavy atom. The number of nitrogens with zero attached hydrogens (tertiary/aromatic N) is 1. The molecule has 0 atom stereocenters. The first-order valence-corrected chi connectivity index (χ1v) is 4.65. The first-order chi connectivity index (χ1) is 5.74. The molecule has 1 aromatic rings. The van der Waals surface area contributed by atoms with E-state index in [1.165, 1.54) is 11.8 Å². The second kappa shape index (κ2) is 4.24. The van der Waals surface area contributed by atoms with E-state index in [0.717, 1.165) is 4.90 Å². The van der Waals surface area contributed by atoms with Crippen molar-refractivity contribution in [2.75, 3.05) is 11.5 Å². The summed E-state index contributed by atoms with van der Waals surface area (Å²) in [5.41, 5.74) is 6.14. The molecule has 0 amide bonds. The first kappa shape index (κ1) is 9.24. The lowest BCUT2D eigenvalue weighted by molar-refractivity contribution is 1.45. The van der Waals surface area contributed by atoms with Gasteiger partial charge in [-0.15, -0.1) is 11.8 Å². The van der Waals surface area contributed by atoms with Gasteiger partial charge in [0.2, 0.25) is 0 Å². The van der Waals surface area contributed by atoms with Crippen molar-refractivity contribution in [2.24, 2.45) is 0 Å². The maximum atomic E-state index is 8.33. The zero-order valence-electron chi connectivity index (χ0n) is 6.25. The predicted molar refractivity (Wildman–Crippen MR) is 52.2 cm³/mol. The lowest BCUT2D eigenvalue weighted by Gasteiger charge is -2.00. The number of thioether (sulfide) groups is 1. The van der Waals surface area contributed by atoms with E-state index in [9.17, 15) is 0 Å². The highest BCUT2D eigenvalue weighted by atomic mass is 35.5. The van der Waals surface area contributed by atoms with Crippen LogP contribution in [0.15, 0.2) is 23.1 Å². The Morgan fingerprint density at radius 1 is 1.58 bits per heavy atom. The van der Waals surface area contributed by atoms with Gasteiger partial charge in [-0.2, -0.15) is 5.26 Å². The molecule has 2 N–H and O–H groups in total. The largest absolute Gasteiger partial charge is 0.399 e. The Labute approximate surface area is 80.3 Å². The molecule has 0 aliphatic heterocycles. The number of benzene rings is 1. The van der Waals surface area contributed by atoms with Crippen LogP contribution in [0.2, 0.25) is 5.02 Å². The van der Waals surface area contributed by atoms with Crippen molar-refractivity contribution in [1.29, 1.82) is 5.26 Å². The van der Waals surface area contributed by atoms with Crippen LogP contribution in [0.3, 0.4) is 0 Å². The van der Waals surface area contributed by atoms with Gasteiger partial charge < -0.3 is 5.73 Å². The molecular weight excluding hydrogens is 192 g/mol. The van der Waals surface area contributed by atoms with E-state index >= 15 is 0 Å². The monoisotopic (exact) mass is 198 g/mol. The Bertz CT molecular complexity index is 319. The zero-order valence-corrected chi connectivity index (χ0v) is 7.82. The van der Waals surface area contributed by atoms with Crippen LogP contribution in [0.1, 0.15) is 0 Å². The van der Waals surface area contributed by atoms with Crippen molar-refractivity contribution >= 4 is 29.1 Å². The van der Waals surface area contributed by atoms with E-state index in [0.29, 0.717) is 16.5 Å². The van der Waals surface area contributed by atoms with Crippen molar-refractivity contribution < 1.29 is 0 Å². The maximum Gasteiger partial charge on any atom is 0.0855 e.